The van der Waals surface area contributed by atoms with Crippen molar-refractivity contribution < 1.29 is 9.47 Å². The second kappa shape index (κ2) is 14.4. The fraction of sp³-hybridized carbons (Fsp3) is 0.696. The van der Waals surface area contributed by atoms with Crippen LogP contribution in [-0.4, -0.2) is 70.5 Å². The number of rotatable bonds is 12. The van der Waals surface area contributed by atoms with Crippen LogP contribution in [0.1, 0.15) is 32.3 Å². The highest BCUT2D eigenvalue weighted by Gasteiger charge is 2.19. The molecule has 1 aromatic carbocycles. The van der Waals surface area contributed by atoms with Gasteiger partial charge in [0.25, 0.3) is 0 Å². The average molecular weight is 405 g/mol. The van der Waals surface area contributed by atoms with Gasteiger partial charge in [0.05, 0.1) is 19.8 Å². The molecule has 0 radical (unpaired) electrons. The molecular weight excluding hydrogens is 364 g/mol. The molecule has 1 aliphatic rings. The predicted octanol–water partition coefficient (Wildman–Crippen LogP) is 2.75. The van der Waals surface area contributed by atoms with E-state index in [1.165, 1.54) is 31.5 Å². The topological polar surface area (TPSA) is 58.1 Å². The molecule has 6 heteroatoms. The van der Waals surface area contributed by atoms with E-state index >= 15 is 0 Å². The van der Waals surface area contributed by atoms with Crippen molar-refractivity contribution in [2.24, 2.45) is 16.8 Å². The molecular formula is C23H40N4O2. The molecule has 1 aromatic rings. The summed E-state index contributed by atoms with van der Waals surface area (Å²) in [6.07, 6.45) is 2.47. The Balaban J connectivity index is 1.65. The van der Waals surface area contributed by atoms with Crippen LogP contribution in [0.4, 0.5) is 0 Å². The highest BCUT2D eigenvalue weighted by Crippen LogP contribution is 2.16. The third-order valence-corrected chi connectivity index (χ3v) is 5.30. The van der Waals surface area contributed by atoms with E-state index in [0.717, 1.165) is 45.4 Å². The zero-order valence-electron chi connectivity index (χ0n) is 18.5. The number of nitrogens with one attached hydrogen (secondary N) is 2. The highest BCUT2D eigenvalue weighted by atomic mass is 16.5. The number of likely N-dealkylation sites (tertiary alicyclic amines) is 1. The zero-order valence-corrected chi connectivity index (χ0v) is 18.5. The summed E-state index contributed by atoms with van der Waals surface area (Å²) in [5, 5.41) is 6.91. The Morgan fingerprint density at radius 1 is 1.21 bits per heavy atom. The molecule has 1 unspecified atom stereocenters. The molecule has 164 valence electrons. The van der Waals surface area contributed by atoms with Gasteiger partial charge in [-0.1, -0.05) is 37.3 Å². The number of aliphatic imine (C=N–C) groups is 1. The molecule has 0 spiro atoms. The number of guanidine groups is 1. The summed E-state index contributed by atoms with van der Waals surface area (Å²) < 4.78 is 11.0. The average Bonchev–Trinajstić information content (AvgIpc) is 2.75. The molecule has 2 rings (SSSR count). The predicted molar refractivity (Wildman–Crippen MR) is 120 cm³/mol. The van der Waals surface area contributed by atoms with Gasteiger partial charge in [-0.05, 0) is 50.3 Å². The molecule has 1 saturated heterocycles. The van der Waals surface area contributed by atoms with Gasteiger partial charge in [0.2, 0.25) is 0 Å². The maximum Gasteiger partial charge on any atom is 0.191 e. The summed E-state index contributed by atoms with van der Waals surface area (Å²) in [4.78, 5) is 7.26. The molecule has 29 heavy (non-hydrogen) atoms. The standard InChI is InChI=1S/C23H40N4O2/c1-4-24-23(26-17-21-10-12-27(13-11-21)14-15-28-3)25-16-20(2)18-29-19-22-8-6-5-7-9-22/h5-9,20-21H,4,10-19H2,1-3H3,(H2,24,25,26). The number of ether oxygens (including phenoxy) is 2. The number of hydrogen-bond donors (Lipinski definition) is 2. The van der Waals surface area contributed by atoms with E-state index in [9.17, 15) is 0 Å². The lowest BCUT2D eigenvalue weighted by Crippen LogP contribution is -2.43. The van der Waals surface area contributed by atoms with Gasteiger partial charge in [-0.15, -0.1) is 0 Å². The van der Waals surface area contributed by atoms with Crippen LogP contribution in [0, 0.1) is 11.8 Å². The fourth-order valence-corrected chi connectivity index (χ4v) is 3.47. The minimum absolute atomic E-state index is 0.387. The number of hydrogen-bond acceptors (Lipinski definition) is 4. The summed E-state index contributed by atoms with van der Waals surface area (Å²) in [5.41, 5.74) is 1.21. The summed E-state index contributed by atoms with van der Waals surface area (Å²) in [7, 11) is 1.77. The van der Waals surface area contributed by atoms with Gasteiger partial charge in [-0.2, -0.15) is 0 Å². The first-order chi connectivity index (χ1) is 14.2. The van der Waals surface area contributed by atoms with Crippen LogP contribution in [-0.2, 0) is 16.1 Å². The fourth-order valence-electron chi connectivity index (χ4n) is 3.47. The molecule has 0 amide bonds. The second-order valence-corrected chi connectivity index (χ2v) is 7.98. The summed E-state index contributed by atoms with van der Waals surface area (Å²) in [6.45, 7) is 12.5. The van der Waals surface area contributed by atoms with Crippen molar-refractivity contribution >= 4 is 5.96 Å². The van der Waals surface area contributed by atoms with Gasteiger partial charge in [-0.3, -0.25) is 4.99 Å². The molecule has 1 fully saturated rings. The Labute approximate surface area is 177 Å². The van der Waals surface area contributed by atoms with Crippen LogP contribution in [0.15, 0.2) is 35.3 Å². The molecule has 0 saturated carbocycles. The van der Waals surface area contributed by atoms with Crippen molar-refractivity contribution in [1.82, 2.24) is 15.5 Å². The second-order valence-electron chi connectivity index (χ2n) is 7.98. The number of nitrogens with zero attached hydrogens (tertiary/aromatic N) is 2. The van der Waals surface area contributed by atoms with E-state index in [1.807, 2.05) is 18.2 Å². The number of benzene rings is 1. The van der Waals surface area contributed by atoms with Crippen molar-refractivity contribution in [3.63, 3.8) is 0 Å². The summed E-state index contributed by atoms with van der Waals surface area (Å²) in [6, 6.07) is 10.3. The number of piperidine rings is 1. The maximum atomic E-state index is 5.84. The maximum absolute atomic E-state index is 5.84. The van der Waals surface area contributed by atoms with Crippen LogP contribution >= 0.6 is 0 Å². The van der Waals surface area contributed by atoms with Gasteiger partial charge >= 0.3 is 0 Å². The van der Waals surface area contributed by atoms with Crippen molar-refractivity contribution in [3.05, 3.63) is 35.9 Å². The summed E-state index contributed by atoms with van der Waals surface area (Å²) >= 11 is 0. The third kappa shape index (κ3) is 10.1. The Hall–Kier alpha value is -1.63. The van der Waals surface area contributed by atoms with Crippen LogP contribution in [0.5, 0.6) is 0 Å². The van der Waals surface area contributed by atoms with Gasteiger partial charge in [0, 0.05) is 33.3 Å². The van der Waals surface area contributed by atoms with Crippen molar-refractivity contribution in [2.75, 3.05) is 59.6 Å². The van der Waals surface area contributed by atoms with E-state index < -0.39 is 0 Å². The monoisotopic (exact) mass is 404 g/mol. The molecule has 1 heterocycles. The zero-order chi connectivity index (χ0) is 20.7. The molecule has 1 atom stereocenters. The van der Waals surface area contributed by atoms with Gasteiger partial charge in [0.15, 0.2) is 5.96 Å². The van der Waals surface area contributed by atoms with Crippen molar-refractivity contribution in [1.29, 1.82) is 0 Å². The van der Waals surface area contributed by atoms with Crippen LogP contribution in [0.2, 0.25) is 0 Å². The molecule has 0 aromatic heterocycles. The lowest BCUT2D eigenvalue weighted by Gasteiger charge is -2.32. The minimum Gasteiger partial charge on any atom is -0.383 e. The van der Waals surface area contributed by atoms with Crippen LogP contribution < -0.4 is 10.6 Å². The van der Waals surface area contributed by atoms with Crippen LogP contribution in [0.25, 0.3) is 0 Å². The van der Waals surface area contributed by atoms with Gasteiger partial charge in [0.1, 0.15) is 0 Å². The SMILES string of the molecule is CCNC(=NCC(C)COCc1ccccc1)NCC1CCN(CCOC)CC1. The third-order valence-electron chi connectivity index (χ3n) is 5.30. The molecule has 6 nitrogen and oxygen atoms in total. The molecule has 1 aliphatic heterocycles. The van der Waals surface area contributed by atoms with Crippen LogP contribution in [0.3, 0.4) is 0 Å². The largest absolute Gasteiger partial charge is 0.383 e. The quantitative estimate of drug-likeness (QED) is 0.414. The molecule has 2 N–H and O–H groups in total. The first kappa shape index (κ1) is 23.6. The lowest BCUT2D eigenvalue weighted by atomic mass is 9.97. The highest BCUT2D eigenvalue weighted by molar-refractivity contribution is 5.79. The smallest absolute Gasteiger partial charge is 0.191 e. The Bertz CT molecular complexity index is 559. The van der Waals surface area contributed by atoms with E-state index in [2.05, 4.69) is 41.5 Å². The van der Waals surface area contributed by atoms with Crippen molar-refractivity contribution in [2.45, 2.75) is 33.3 Å². The first-order valence-electron chi connectivity index (χ1n) is 11.1. The Kier molecular flexibility index (Phi) is 11.7. The first-order valence-corrected chi connectivity index (χ1v) is 11.1. The van der Waals surface area contributed by atoms with E-state index in [0.29, 0.717) is 18.4 Å². The van der Waals surface area contributed by atoms with Gasteiger partial charge in [-0.25, -0.2) is 0 Å². The van der Waals surface area contributed by atoms with E-state index in [4.69, 9.17) is 14.5 Å². The lowest BCUT2D eigenvalue weighted by molar-refractivity contribution is 0.0945. The molecule has 0 bridgehead atoms. The van der Waals surface area contributed by atoms with Gasteiger partial charge < -0.3 is 25.0 Å². The van der Waals surface area contributed by atoms with Crippen molar-refractivity contribution in [3.8, 4) is 0 Å². The minimum atomic E-state index is 0.387. The normalized spacial score (nSPS) is 17.3. The summed E-state index contributed by atoms with van der Waals surface area (Å²) in [5.74, 6) is 2.02. The Morgan fingerprint density at radius 3 is 2.66 bits per heavy atom. The van der Waals surface area contributed by atoms with E-state index in [1.54, 1.807) is 7.11 Å². The Morgan fingerprint density at radius 2 is 1.97 bits per heavy atom. The van der Waals surface area contributed by atoms with E-state index in [-0.39, 0.29) is 0 Å². The molecule has 0 aliphatic carbocycles. The number of methoxy groups -OCH3 is 1.